The number of hydrogen-bond acceptors (Lipinski definition) is 4. The first-order valence-corrected chi connectivity index (χ1v) is 9.33. The monoisotopic (exact) mass is 426 g/mol. The van der Waals surface area contributed by atoms with Gasteiger partial charge >= 0.3 is 0 Å². The number of halogens is 2. The van der Waals surface area contributed by atoms with E-state index in [0.717, 1.165) is 12.1 Å². The third kappa shape index (κ3) is 7.68. The molecule has 0 saturated carbocycles. The van der Waals surface area contributed by atoms with Crippen molar-refractivity contribution in [1.29, 1.82) is 0 Å². The molecule has 0 bridgehead atoms. The Bertz CT molecular complexity index is 726. The Hall–Kier alpha value is -1.79. The molecule has 0 aromatic heterocycles. The Kier molecular flexibility index (Phi) is 10.9. The molecule has 5 nitrogen and oxygen atoms in total. The van der Waals surface area contributed by atoms with Gasteiger partial charge in [0.25, 0.3) is 5.91 Å². The maximum Gasteiger partial charge on any atom is 0.257 e. The van der Waals surface area contributed by atoms with Crippen LogP contribution in [0.2, 0.25) is 5.02 Å². The van der Waals surface area contributed by atoms with Crippen molar-refractivity contribution < 1.29 is 14.3 Å². The van der Waals surface area contributed by atoms with Crippen LogP contribution in [0.3, 0.4) is 0 Å². The van der Waals surface area contributed by atoms with E-state index in [2.05, 4.69) is 17.6 Å². The van der Waals surface area contributed by atoms with Crippen LogP contribution in [-0.2, 0) is 9.53 Å². The van der Waals surface area contributed by atoms with Crippen LogP contribution < -0.4 is 15.4 Å². The first-order chi connectivity index (χ1) is 13.0. The van der Waals surface area contributed by atoms with Crippen molar-refractivity contribution in [3.8, 4) is 5.75 Å². The number of carbonyl (C=O) groups is 1. The van der Waals surface area contributed by atoms with Gasteiger partial charge in [0.1, 0.15) is 5.75 Å². The molecule has 0 aliphatic rings. The summed E-state index contributed by atoms with van der Waals surface area (Å²) in [5.74, 6) is 0.863. The lowest BCUT2D eigenvalue weighted by Gasteiger charge is -2.19. The van der Waals surface area contributed by atoms with E-state index >= 15 is 0 Å². The van der Waals surface area contributed by atoms with E-state index in [1.54, 1.807) is 14.2 Å². The second-order valence-electron chi connectivity index (χ2n) is 6.37. The molecule has 2 N–H and O–H groups in total. The van der Waals surface area contributed by atoms with Crippen molar-refractivity contribution in [1.82, 2.24) is 10.6 Å². The molecule has 0 aliphatic heterocycles. The quantitative estimate of drug-likeness (QED) is 0.603. The molecule has 7 heteroatoms. The van der Waals surface area contributed by atoms with E-state index in [1.165, 1.54) is 5.56 Å². The maximum absolute atomic E-state index is 11.2. The predicted molar refractivity (Wildman–Crippen MR) is 116 cm³/mol. The number of likely N-dealkylation sites (N-methyl/N-ethyl adjacent to an activating group) is 1. The zero-order chi connectivity index (χ0) is 19.6. The number of amides is 1. The normalized spacial score (nSPS) is 12.6. The van der Waals surface area contributed by atoms with Crippen molar-refractivity contribution in [2.24, 2.45) is 0 Å². The summed E-state index contributed by atoms with van der Waals surface area (Å²) >= 11 is 6.06. The average Bonchev–Trinajstić information content (AvgIpc) is 2.69. The fourth-order valence-electron chi connectivity index (χ4n) is 2.71. The molecular formula is C21H28Cl2N2O3. The molecule has 0 fully saturated rings. The van der Waals surface area contributed by atoms with Crippen LogP contribution in [0.25, 0.3) is 0 Å². The molecule has 154 valence electrons. The van der Waals surface area contributed by atoms with E-state index in [0.29, 0.717) is 23.2 Å². The van der Waals surface area contributed by atoms with E-state index < -0.39 is 0 Å². The zero-order valence-corrected chi connectivity index (χ0v) is 18.0. The van der Waals surface area contributed by atoms with Crippen molar-refractivity contribution >= 4 is 29.9 Å². The molecule has 2 aromatic rings. The minimum absolute atomic E-state index is 0. The second-order valence-corrected chi connectivity index (χ2v) is 6.81. The molecule has 2 rings (SSSR count). The van der Waals surface area contributed by atoms with E-state index in [1.807, 2.05) is 48.5 Å². The highest BCUT2D eigenvalue weighted by Crippen LogP contribution is 2.21. The molecule has 1 amide bonds. The number of hydrogen-bond donors (Lipinski definition) is 2. The van der Waals surface area contributed by atoms with Gasteiger partial charge in [0.15, 0.2) is 6.61 Å². The van der Waals surface area contributed by atoms with E-state index in [4.69, 9.17) is 21.1 Å². The highest BCUT2D eigenvalue weighted by Gasteiger charge is 2.12. The van der Waals surface area contributed by atoms with Gasteiger partial charge in [0, 0.05) is 32.3 Å². The van der Waals surface area contributed by atoms with Crippen molar-refractivity contribution in [3.63, 3.8) is 0 Å². The van der Waals surface area contributed by atoms with Crippen LogP contribution in [0.1, 0.15) is 30.1 Å². The number of benzene rings is 2. The molecule has 28 heavy (non-hydrogen) atoms. The number of nitrogens with one attached hydrogen (secondary N) is 2. The van der Waals surface area contributed by atoms with Gasteiger partial charge in [-0.05, 0) is 41.3 Å². The van der Waals surface area contributed by atoms with Crippen LogP contribution in [0.4, 0.5) is 0 Å². The predicted octanol–water partition coefficient (Wildman–Crippen LogP) is 3.97. The van der Waals surface area contributed by atoms with Crippen molar-refractivity contribution in [2.45, 2.75) is 18.9 Å². The van der Waals surface area contributed by atoms with E-state index in [9.17, 15) is 4.79 Å². The summed E-state index contributed by atoms with van der Waals surface area (Å²) in [5.41, 5.74) is 2.26. The fourth-order valence-corrected chi connectivity index (χ4v) is 2.91. The van der Waals surface area contributed by atoms with Gasteiger partial charge in [-0.15, -0.1) is 12.4 Å². The van der Waals surface area contributed by atoms with Crippen LogP contribution in [-0.4, -0.2) is 39.8 Å². The molecule has 2 aromatic carbocycles. The first kappa shape index (κ1) is 24.2. The fraction of sp³-hybridized carbons (Fsp3) is 0.381. The zero-order valence-electron chi connectivity index (χ0n) is 16.4. The van der Waals surface area contributed by atoms with Crippen LogP contribution in [0, 0.1) is 0 Å². The second kappa shape index (κ2) is 12.6. The van der Waals surface area contributed by atoms with Crippen molar-refractivity contribution in [3.05, 3.63) is 64.7 Å². The highest BCUT2D eigenvalue weighted by molar-refractivity contribution is 6.30. The number of rotatable bonds is 10. The smallest absolute Gasteiger partial charge is 0.257 e. The number of ether oxygens (including phenoxy) is 2. The summed E-state index contributed by atoms with van der Waals surface area (Å²) < 4.78 is 11.0. The lowest BCUT2D eigenvalue weighted by Crippen LogP contribution is -2.26. The van der Waals surface area contributed by atoms with Gasteiger partial charge < -0.3 is 20.1 Å². The van der Waals surface area contributed by atoms with Crippen molar-refractivity contribution in [2.75, 3.05) is 33.9 Å². The Morgan fingerprint density at radius 2 is 1.82 bits per heavy atom. The van der Waals surface area contributed by atoms with Crippen LogP contribution >= 0.6 is 24.0 Å². The lowest BCUT2D eigenvalue weighted by atomic mass is 10.0. The van der Waals surface area contributed by atoms with Gasteiger partial charge in [-0.3, -0.25) is 4.79 Å². The van der Waals surface area contributed by atoms with Gasteiger partial charge in [0.2, 0.25) is 0 Å². The van der Waals surface area contributed by atoms with Gasteiger partial charge in [0.05, 0.1) is 6.10 Å². The van der Waals surface area contributed by atoms with Gasteiger partial charge in [-0.2, -0.15) is 0 Å². The third-order valence-corrected chi connectivity index (χ3v) is 4.62. The number of carbonyl (C=O) groups excluding carboxylic acids is 1. The maximum atomic E-state index is 11.2. The standard InChI is InChI=1S/C21H27ClN2O3.ClH/c1-15(16-7-9-19(10-8-16)27-14-21(25)23-2)12-24-13-20(26-3)17-5-4-6-18(22)11-17;/h4-11,15,20,24H,12-14H2,1-3H3,(H,23,25);1H. The Morgan fingerprint density at radius 1 is 1.11 bits per heavy atom. The highest BCUT2D eigenvalue weighted by atomic mass is 35.5. The molecule has 0 spiro atoms. The average molecular weight is 427 g/mol. The summed E-state index contributed by atoms with van der Waals surface area (Å²) in [6.07, 6.45) is -0.0450. The molecule has 0 heterocycles. The molecular weight excluding hydrogens is 399 g/mol. The Morgan fingerprint density at radius 3 is 2.43 bits per heavy atom. The van der Waals surface area contributed by atoms with Crippen LogP contribution in [0.15, 0.2) is 48.5 Å². The molecule has 0 aliphatic carbocycles. The molecule has 0 saturated heterocycles. The molecule has 0 radical (unpaired) electrons. The Balaban J connectivity index is 0.00000392. The van der Waals surface area contributed by atoms with Crippen LogP contribution in [0.5, 0.6) is 5.75 Å². The van der Waals surface area contributed by atoms with E-state index in [-0.39, 0.29) is 31.0 Å². The lowest BCUT2D eigenvalue weighted by molar-refractivity contribution is -0.122. The van der Waals surface area contributed by atoms with Gasteiger partial charge in [-0.1, -0.05) is 42.8 Å². The summed E-state index contributed by atoms with van der Waals surface area (Å²) in [6.45, 7) is 3.71. The summed E-state index contributed by atoms with van der Waals surface area (Å²) in [7, 11) is 3.29. The summed E-state index contributed by atoms with van der Waals surface area (Å²) in [4.78, 5) is 11.2. The van der Waals surface area contributed by atoms with Gasteiger partial charge in [-0.25, -0.2) is 0 Å². The minimum Gasteiger partial charge on any atom is -0.484 e. The first-order valence-electron chi connectivity index (χ1n) is 8.95. The summed E-state index contributed by atoms with van der Waals surface area (Å²) in [5, 5.41) is 6.70. The summed E-state index contributed by atoms with van der Waals surface area (Å²) in [6, 6.07) is 15.6. The molecule has 2 unspecified atom stereocenters. The molecule has 2 atom stereocenters. The SMILES string of the molecule is CNC(=O)COc1ccc(C(C)CNCC(OC)c2cccc(Cl)c2)cc1.Cl. The minimum atomic E-state index is -0.149. The Labute approximate surface area is 178 Å². The largest absolute Gasteiger partial charge is 0.484 e. The number of methoxy groups -OCH3 is 1. The third-order valence-electron chi connectivity index (χ3n) is 4.38. The topological polar surface area (TPSA) is 59.6 Å².